The van der Waals surface area contributed by atoms with Gasteiger partial charge in [0.15, 0.2) is 0 Å². The van der Waals surface area contributed by atoms with Crippen LogP contribution in [0.4, 0.5) is 11.4 Å². The number of esters is 1. The molecule has 1 aliphatic rings. The Labute approximate surface area is 164 Å². The molecular formula is C23H20ClNO2. The first kappa shape index (κ1) is 17.6. The maximum Gasteiger partial charge on any atom is 0.338 e. The molecule has 4 heteroatoms. The van der Waals surface area contributed by atoms with Gasteiger partial charge in [-0.2, -0.15) is 0 Å². The van der Waals surface area contributed by atoms with E-state index in [9.17, 15) is 4.79 Å². The first-order valence-electron chi connectivity index (χ1n) is 8.97. The number of nitrogens with zero attached hydrogens (tertiary/aromatic N) is 1. The SMILES string of the molecule is COC(=O)c1cc(Cl)ccc1Cc1ccc2c(c1)CCN2c1ccccc1. The summed E-state index contributed by atoms with van der Waals surface area (Å²) in [5.41, 5.74) is 6.44. The predicted molar refractivity (Wildman–Crippen MR) is 109 cm³/mol. The zero-order valence-corrected chi connectivity index (χ0v) is 15.9. The second-order valence-corrected chi connectivity index (χ2v) is 7.11. The molecule has 4 rings (SSSR count). The van der Waals surface area contributed by atoms with Crippen LogP contribution in [0.3, 0.4) is 0 Å². The standard InChI is InChI=1S/C23H20ClNO2/c1-27-23(26)21-15-19(24)9-8-17(21)13-16-7-10-22-18(14-16)11-12-25(22)20-5-3-2-4-6-20/h2-10,14-15H,11-13H2,1H3. The van der Waals surface area contributed by atoms with Gasteiger partial charge in [-0.15, -0.1) is 0 Å². The van der Waals surface area contributed by atoms with Gasteiger partial charge in [0, 0.05) is 22.9 Å². The monoisotopic (exact) mass is 377 g/mol. The first-order valence-corrected chi connectivity index (χ1v) is 9.34. The highest BCUT2D eigenvalue weighted by atomic mass is 35.5. The second-order valence-electron chi connectivity index (χ2n) is 6.67. The fraction of sp³-hybridized carbons (Fsp3) is 0.174. The van der Waals surface area contributed by atoms with Crippen LogP contribution in [-0.2, 0) is 17.6 Å². The zero-order valence-electron chi connectivity index (χ0n) is 15.1. The lowest BCUT2D eigenvalue weighted by atomic mass is 9.98. The minimum absolute atomic E-state index is 0.357. The van der Waals surface area contributed by atoms with Gasteiger partial charge in [0.05, 0.1) is 12.7 Å². The smallest absolute Gasteiger partial charge is 0.338 e. The van der Waals surface area contributed by atoms with Crippen LogP contribution in [0.15, 0.2) is 66.7 Å². The molecule has 3 aromatic rings. The van der Waals surface area contributed by atoms with Crippen molar-refractivity contribution in [3.63, 3.8) is 0 Å². The molecule has 1 heterocycles. The third-order valence-corrected chi connectivity index (χ3v) is 5.21. The molecule has 0 unspecified atom stereocenters. The Morgan fingerprint density at radius 3 is 2.67 bits per heavy atom. The Balaban J connectivity index is 1.62. The summed E-state index contributed by atoms with van der Waals surface area (Å²) < 4.78 is 4.90. The predicted octanol–water partition coefficient (Wildman–Crippen LogP) is 5.41. The molecular weight excluding hydrogens is 358 g/mol. The zero-order chi connectivity index (χ0) is 18.8. The van der Waals surface area contributed by atoms with E-state index in [1.807, 2.05) is 18.2 Å². The van der Waals surface area contributed by atoms with Crippen LogP contribution in [0.25, 0.3) is 0 Å². The first-order chi connectivity index (χ1) is 13.2. The molecule has 0 saturated carbocycles. The topological polar surface area (TPSA) is 29.5 Å². The van der Waals surface area contributed by atoms with Crippen molar-refractivity contribution in [3.05, 3.63) is 94.0 Å². The number of carbonyl (C=O) groups is 1. The number of ether oxygens (including phenoxy) is 1. The van der Waals surface area contributed by atoms with Gasteiger partial charge < -0.3 is 9.64 Å². The minimum atomic E-state index is -0.357. The molecule has 136 valence electrons. The summed E-state index contributed by atoms with van der Waals surface area (Å²) in [4.78, 5) is 14.4. The van der Waals surface area contributed by atoms with Gasteiger partial charge in [-0.1, -0.05) is 48.0 Å². The number of carbonyl (C=O) groups excluding carboxylic acids is 1. The number of benzene rings is 3. The van der Waals surface area contributed by atoms with Crippen LogP contribution < -0.4 is 4.90 Å². The summed E-state index contributed by atoms with van der Waals surface area (Å²) in [6.45, 7) is 0.983. The lowest BCUT2D eigenvalue weighted by Gasteiger charge is -2.19. The lowest BCUT2D eigenvalue weighted by Crippen LogP contribution is -2.12. The van der Waals surface area contributed by atoms with E-state index in [4.69, 9.17) is 16.3 Å². The molecule has 0 saturated heterocycles. The fourth-order valence-corrected chi connectivity index (χ4v) is 3.84. The van der Waals surface area contributed by atoms with Crippen molar-refractivity contribution in [2.24, 2.45) is 0 Å². The highest BCUT2D eigenvalue weighted by Crippen LogP contribution is 2.35. The van der Waals surface area contributed by atoms with Gasteiger partial charge in [-0.05, 0) is 59.9 Å². The van der Waals surface area contributed by atoms with E-state index in [0.717, 1.165) is 18.5 Å². The number of hydrogen-bond acceptors (Lipinski definition) is 3. The Morgan fingerprint density at radius 1 is 1.07 bits per heavy atom. The Hall–Kier alpha value is -2.78. The maximum absolute atomic E-state index is 12.1. The van der Waals surface area contributed by atoms with Crippen molar-refractivity contribution in [2.45, 2.75) is 12.8 Å². The van der Waals surface area contributed by atoms with E-state index in [2.05, 4.69) is 47.4 Å². The van der Waals surface area contributed by atoms with Crippen molar-refractivity contribution in [1.29, 1.82) is 0 Å². The molecule has 0 atom stereocenters. The molecule has 0 fully saturated rings. The summed E-state index contributed by atoms with van der Waals surface area (Å²) in [5.74, 6) is -0.357. The number of methoxy groups -OCH3 is 1. The maximum atomic E-state index is 12.1. The summed E-state index contributed by atoms with van der Waals surface area (Å²) in [6, 6.07) is 22.4. The molecule has 0 N–H and O–H groups in total. The summed E-state index contributed by atoms with van der Waals surface area (Å²) >= 11 is 6.06. The van der Waals surface area contributed by atoms with E-state index < -0.39 is 0 Å². The average Bonchev–Trinajstić information content (AvgIpc) is 3.12. The number of hydrogen-bond donors (Lipinski definition) is 0. The minimum Gasteiger partial charge on any atom is -0.465 e. The molecule has 0 aliphatic carbocycles. The van der Waals surface area contributed by atoms with E-state index in [1.165, 1.54) is 29.6 Å². The second kappa shape index (κ2) is 7.45. The Morgan fingerprint density at radius 2 is 1.89 bits per heavy atom. The van der Waals surface area contributed by atoms with Crippen molar-refractivity contribution < 1.29 is 9.53 Å². The van der Waals surface area contributed by atoms with Crippen LogP contribution in [-0.4, -0.2) is 19.6 Å². The molecule has 0 bridgehead atoms. The summed E-state index contributed by atoms with van der Waals surface area (Å²) in [5, 5.41) is 0.534. The van der Waals surface area contributed by atoms with Crippen molar-refractivity contribution in [3.8, 4) is 0 Å². The number of rotatable bonds is 4. The third kappa shape index (κ3) is 3.56. The van der Waals surface area contributed by atoms with E-state index >= 15 is 0 Å². The highest BCUT2D eigenvalue weighted by Gasteiger charge is 2.21. The highest BCUT2D eigenvalue weighted by molar-refractivity contribution is 6.31. The molecule has 3 nitrogen and oxygen atoms in total. The van der Waals surface area contributed by atoms with Crippen molar-refractivity contribution in [2.75, 3.05) is 18.6 Å². The Kier molecular flexibility index (Phi) is 4.87. The normalized spacial score (nSPS) is 12.7. The third-order valence-electron chi connectivity index (χ3n) is 4.98. The number of para-hydroxylation sites is 1. The molecule has 0 spiro atoms. The van der Waals surface area contributed by atoms with Gasteiger partial charge in [-0.25, -0.2) is 4.79 Å². The van der Waals surface area contributed by atoms with Gasteiger partial charge >= 0.3 is 5.97 Å². The van der Waals surface area contributed by atoms with Gasteiger partial charge in [0.2, 0.25) is 0 Å². The molecule has 1 aliphatic heterocycles. The number of anilines is 2. The largest absolute Gasteiger partial charge is 0.465 e. The van der Waals surface area contributed by atoms with Crippen LogP contribution in [0.2, 0.25) is 5.02 Å². The molecule has 27 heavy (non-hydrogen) atoms. The molecule has 3 aromatic carbocycles. The van der Waals surface area contributed by atoms with Gasteiger partial charge in [0.1, 0.15) is 0 Å². The quantitative estimate of drug-likeness (QED) is 0.569. The van der Waals surface area contributed by atoms with E-state index in [1.54, 1.807) is 6.07 Å². The van der Waals surface area contributed by atoms with Crippen LogP contribution in [0, 0.1) is 0 Å². The molecule has 0 amide bonds. The van der Waals surface area contributed by atoms with Crippen LogP contribution in [0.5, 0.6) is 0 Å². The molecule has 0 radical (unpaired) electrons. The fourth-order valence-electron chi connectivity index (χ4n) is 3.66. The van der Waals surface area contributed by atoms with E-state index in [-0.39, 0.29) is 5.97 Å². The van der Waals surface area contributed by atoms with Gasteiger partial charge in [-0.3, -0.25) is 0 Å². The van der Waals surface area contributed by atoms with Crippen LogP contribution in [0.1, 0.15) is 27.0 Å². The summed E-state index contributed by atoms with van der Waals surface area (Å²) in [6.07, 6.45) is 1.68. The summed E-state index contributed by atoms with van der Waals surface area (Å²) in [7, 11) is 1.39. The lowest BCUT2D eigenvalue weighted by molar-refractivity contribution is 0.0599. The number of halogens is 1. The Bertz CT molecular complexity index is 985. The van der Waals surface area contributed by atoms with Crippen LogP contribution >= 0.6 is 11.6 Å². The van der Waals surface area contributed by atoms with Crippen molar-refractivity contribution in [1.82, 2.24) is 0 Å². The van der Waals surface area contributed by atoms with E-state index in [0.29, 0.717) is 17.0 Å². The van der Waals surface area contributed by atoms with Crippen molar-refractivity contribution >= 4 is 28.9 Å². The van der Waals surface area contributed by atoms with Gasteiger partial charge in [0.25, 0.3) is 0 Å². The average molecular weight is 378 g/mol. The molecule has 0 aromatic heterocycles. The number of fused-ring (bicyclic) bond motifs is 1.